The van der Waals surface area contributed by atoms with Gasteiger partial charge in [0, 0.05) is 18.2 Å². The second-order valence-electron chi connectivity index (χ2n) is 5.17. The van der Waals surface area contributed by atoms with Crippen molar-refractivity contribution in [3.05, 3.63) is 23.8 Å². The second-order valence-corrected chi connectivity index (χ2v) is 7.40. The maximum Gasteiger partial charge on any atom is 0.162 e. The number of rotatable bonds is 5. The molecule has 0 amide bonds. The van der Waals surface area contributed by atoms with Crippen LogP contribution >= 0.6 is 0 Å². The van der Waals surface area contributed by atoms with Gasteiger partial charge in [-0.25, -0.2) is 8.42 Å². The number of hydrogen-bond acceptors (Lipinski definition) is 5. The standard InChI is InChI=1S/C14H21NO4S/c1-3-19-13-6-4-5-11(14(13)16)9-15(2)12-7-8-20(17,18)10-12/h4-6,12,16H,3,7-10H2,1-2H3. The molecule has 1 aromatic carbocycles. The van der Waals surface area contributed by atoms with Gasteiger partial charge in [0.15, 0.2) is 21.3 Å². The van der Waals surface area contributed by atoms with Crippen molar-refractivity contribution in [3.63, 3.8) is 0 Å². The summed E-state index contributed by atoms with van der Waals surface area (Å²) < 4.78 is 28.4. The van der Waals surface area contributed by atoms with Crippen molar-refractivity contribution in [1.29, 1.82) is 0 Å². The van der Waals surface area contributed by atoms with E-state index in [0.29, 0.717) is 25.3 Å². The zero-order valence-electron chi connectivity index (χ0n) is 11.9. The third kappa shape index (κ3) is 3.43. The van der Waals surface area contributed by atoms with E-state index in [9.17, 15) is 13.5 Å². The van der Waals surface area contributed by atoms with Gasteiger partial charge in [0.05, 0.1) is 18.1 Å². The van der Waals surface area contributed by atoms with E-state index < -0.39 is 9.84 Å². The average Bonchev–Trinajstić information content (AvgIpc) is 2.75. The molecule has 112 valence electrons. The fourth-order valence-corrected chi connectivity index (χ4v) is 4.29. The van der Waals surface area contributed by atoms with Crippen molar-refractivity contribution in [1.82, 2.24) is 4.90 Å². The third-order valence-corrected chi connectivity index (χ3v) is 5.38. The normalized spacial score (nSPS) is 21.2. The van der Waals surface area contributed by atoms with Crippen molar-refractivity contribution in [2.75, 3.05) is 25.2 Å². The van der Waals surface area contributed by atoms with Crippen molar-refractivity contribution in [2.45, 2.75) is 25.9 Å². The predicted octanol–water partition coefficient (Wildman–Crippen LogP) is 1.41. The van der Waals surface area contributed by atoms with Gasteiger partial charge in [-0.15, -0.1) is 0 Å². The second kappa shape index (κ2) is 6.01. The summed E-state index contributed by atoms with van der Waals surface area (Å²) in [6, 6.07) is 5.41. The van der Waals surface area contributed by atoms with Gasteiger partial charge >= 0.3 is 0 Å². The van der Waals surface area contributed by atoms with Crippen molar-refractivity contribution in [2.24, 2.45) is 0 Å². The molecule has 1 unspecified atom stereocenters. The number of sulfone groups is 1. The summed E-state index contributed by atoms with van der Waals surface area (Å²) in [5, 5.41) is 10.1. The van der Waals surface area contributed by atoms with Gasteiger partial charge in [0.25, 0.3) is 0 Å². The Hall–Kier alpha value is -1.27. The maximum atomic E-state index is 11.5. The molecule has 1 fully saturated rings. The SMILES string of the molecule is CCOc1cccc(CN(C)C2CCS(=O)(=O)C2)c1O. The van der Waals surface area contributed by atoms with E-state index in [-0.39, 0.29) is 23.3 Å². The molecule has 0 spiro atoms. The Morgan fingerprint density at radius 1 is 1.45 bits per heavy atom. The molecule has 5 nitrogen and oxygen atoms in total. The molecule has 1 N–H and O–H groups in total. The molecule has 1 aromatic rings. The highest BCUT2D eigenvalue weighted by Crippen LogP contribution is 2.31. The van der Waals surface area contributed by atoms with Crippen LogP contribution in [0.1, 0.15) is 18.9 Å². The Labute approximate surface area is 120 Å². The van der Waals surface area contributed by atoms with Crippen LogP contribution in [0.2, 0.25) is 0 Å². The Balaban J connectivity index is 2.08. The zero-order valence-corrected chi connectivity index (χ0v) is 12.7. The van der Waals surface area contributed by atoms with Crippen molar-refractivity contribution >= 4 is 9.84 Å². The van der Waals surface area contributed by atoms with Crippen LogP contribution < -0.4 is 4.74 Å². The zero-order chi connectivity index (χ0) is 14.8. The number of nitrogens with zero attached hydrogens (tertiary/aromatic N) is 1. The molecule has 1 saturated heterocycles. The van der Waals surface area contributed by atoms with Crippen LogP contribution in [0, 0.1) is 0 Å². The third-order valence-electron chi connectivity index (χ3n) is 3.63. The van der Waals surface area contributed by atoms with E-state index in [1.54, 1.807) is 6.07 Å². The fourth-order valence-electron chi connectivity index (χ4n) is 2.49. The van der Waals surface area contributed by atoms with Gasteiger partial charge in [-0.1, -0.05) is 12.1 Å². The number of phenolic OH excluding ortho intramolecular Hbond substituents is 1. The lowest BCUT2D eigenvalue weighted by Crippen LogP contribution is -2.32. The molecule has 1 aliphatic heterocycles. The van der Waals surface area contributed by atoms with Crippen LogP contribution in [0.5, 0.6) is 11.5 Å². The average molecular weight is 299 g/mol. The van der Waals surface area contributed by atoms with Crippen molar-refractivity contribution < 1.29 is 18.3 Å². The molecule has 0 radical (unpaired) electrons. The van der Waals surface area contributed by atoms with E-state index in [1.807, 2.05) is 31.0 Å². The lowest BCUT2D eigenvalue weighted by atomic mass is 10.1. The molecule has 0 bridgehead atoms. The van der Waals surface area contributed by atoms with Gasteiger partial charge in [-0.3, -0.25) is 4.90 Å². The summed E-state index contributed by atoms with van der Waals surface area (Å²) in [5.41, 5.74) is 0.753. The molecule has 20 heavy (non-hydrogen) atoms. The molecule has 0 aliphatic carbocycles. The first-order chi connectivity index (χ1) is 9.43. The van der Waals surface area contributed by atoms with Crippen LogP contribution in [-0.2, 0) is 16.4 Å². The summed E-state index contributed by atoms with van der Waals surface area (Å²) >= 11 is 0. The summed E-state index contributed by atoms with van der Waals surface area (Å²) in [4.78, 5) is 1.98. The molecule has 1 heterocycles. The number of ether oxygens (including phenoxy) is 1. The van der Waals surface area contributed by atoms with Gasteiger partial charge in [0.1, 0.15) is 0 Å². The molecule has 0 saturated carbocycles. The Kier molecular flexibility index (Phi) is 4.55. The Morgan fingerprint density at radius 3 is 2.80 bits per heavy atom. The summed E-state index contributed by atoms with van der Waals surface area (Å²) in [5.74, 6) is 1.07. The lowest BCUT2D eigenvalue weighted by molar-refractivity contribution is 0.248. The minimum absolute atomic E-state index is 0.0233. The van der Waals surface area contributed by atoms with E-state index in [0.717, 1.165) is 5.56 Å². The topological polar surface area (TPSA) is 66.8 Å². The van der Waals surface area contributed by atoms with E-state index in [2.05, 4.69) is 0 Å². The fraction of sp³-hybridized carbons (Fsp3) is 0.571. The molecule has 6 heteroatoms. The number of para-hydroxylation sites is 1. The number of aromatic hydroxyl groups is 1. The van der Waals surface area contributed by atoms with Crippen LogP contribution in [0.3, 0.4) is 0 Å². The summed E-state index contributed by atoms with van der Waals surface area (Å²) in [6.45, 7) is 2.86. The van der Waals surface area contributed by atoms with Gasteiger partial charge in [0.2, 0.25) is 0 Å². The molecule has 2 rings (SSSR count). The van der Waals surface area contributed by atoms with E-state index in [1.165, 1.54) is 0 Å². The molecular weight excluding hydrogens is 278 g/mol. The first-order valence-corrected chi connectivity index (χ1v) is 8.59. The van der Waals surface area contributed by atoms with Gasteiger partial charge in [-0.05, 0) is 26.5 Å². The van der Waals surface area contributed by atoms with Crippen LogP contribution in [0.25, 0.3) is 0 Å². The minimum Gasteiger partial charge on any atom is -0.504 e. The van der Waals surface area contributed by atoms with Crippen LogP contribution in [-0.4, -0.2) is 49.6 Å². The van der Waals surface area contributed by atoms with Gasteiger partial charge in [-0.2, -0.15) is 0 Å². The Morgan fingerprint density at radius 2 is 2.20 bits per heavy atom. The predicted molar refractivity (Wildman–Crippen MR) is 77.8 cm³/mol. The highest BCUT2D eigenvalue weighted by molar-refractivity contribution is 7.91. The largest absolute Gasteiger partial charge is 0.504 e. The van der Waals surface area contributed by atoms with Gasteiger partial charge < -0.3 is 9.84 Å². The van der Waals surface area contributed by atoms with E-state index >= 15 is 0 Å². The highest BCUT2D eigenvalue weighted by Gasteiger charge is 2.30. The lowest BCUT2D eigenvalue weighted by Gasteiger charge is -2.23. The smallest absolute Gasteiger partial charge is 0.162 e. The first kappa shape index (κ1) is 15.1. The molecule has 1 aliphatic rings. The quantitative estimate of drug-likeness (QED) is 0.890. The molecule has 1 atom stereocenters. The monoisotopic (exact) mass is 299 g/mol. The number of hydrogen-bond donors (Lipinski definition) is 1. The summed E-state index contributed by atoms with van der Waals surface area (Å²) in [6.07, 6.45) is 0.657. The first-order valence-electron chi connectivity index (χ1n) is 6.77. The maximum absolute atomic E-state index is 11.5. The number of benzene rings is 1. The highest BCUT2D eigenvalue weighted by atomic mass is 32.2. The summed E-state index contributed by atoms with van der Waals surface area (Å²) in [7, 11) is -1.00. The van der Waals surface area contributed by atoms with Crippen LogP contribution in [0.15, 0.2) is 18.2 Å². The minimum atomic E-state index is -2.89. The number of phenols is 1. The molecule has 0 aromatic heterocycles. The van der Waals surface area contributed by atoms with Crippen LogP contribution in [0.4, 0.5) is 0 Å². The molecular formula is C14H21NO4S. The van der Waals surface area contributed by atoms with Crippen molar-refractivity contribution in [3.8, 4) is 11.5 Å². The Bertz CT molecular complexity index is 571. The van der Waals surface area contributed by atoms with E-state index in [4.69, 9.17) is 4.74 Å².